The molecule has 0 saturated carbocycles. The molecule has 11 heteroatoms. The van der Waals surface area contributed by atoms with E-state index < -0.39 is 11.7 Å². The van der Waals surface area contributed by atoms with Crippen LogP contribution < -0.4 is 9.47 Å². The lowest BCUT2D eigenvalue weighted by Crippen LogP contribution is -2.44. The molecule has 242 valence electrons. The quantitative estimate of drug-likeness (QED) is 0.327. The highest BCUT2D eigenvalue weighted by Crippen LogP contribution is 2.45. The lowest BCUT2D eigenvalue weighted by molar-refractivity contribution is -0.132. The van der Waals surface area contributed by atoms with Crippen LogP contribution in [0.2, 0.25) is 0 Å². The molecule has 4 heterocycles. The van der Waals surface area contributed by atoms with Crippen molar-refractivity contribution in [2.24, 2.45) is 0 Å². The molecule has 0 aliphatic carbocycles. The van der Waals surface area contributed by atoms with Crippen molar-refractivity contribution in [1.29, 1.82) is 0 Å². The molecule has 1 aromatic carbocycles. The molecule has 2 aromatic heterocycles. The molecule has 2 aliphatic rings. The van der Waals surface area contributed by atoms with Crippen LogP contribution in [-0.2, 0) is 22.5 Å². The van der Waals surface area contributed by atoms with Crippen LogP contribution in [0.5, 0.6) is 11.5 Å². The number of ether oxygens (including phenoxy) is 3. The zero-order chi connectivity index (χ0) is 32.5. The smallest absolute Gasteiger partial charge is 0.410 e. The number of methoxy groups -OCH3 is 1. The first kappa shape index (κ1) is 32.4. The van der Waals surface area contributed by atoms with Gasteiger partial charge in [0.05, 0.1) is 18.9 Å². The summed E-state index contributed by atoms with van der Waals surface area (Å²) in [4.78, 5) is 45.7. The number of rotatable bonds is 7. The van der Waals surface area contributed by atoms with Gasteiger partial charge in [0, 0.05) is 55.8 Å². The third-order valence-corrected chi connectivity index (χ3v) is 8.83. The molecule has 2 aliphatic heterocycles. The number of benzene rings is 1. The number of nitrogens with zero attached hydrogens (tertiary/aromatic N) is 4. The van der Waals surface area contributed by atoms with Crippen molar-refractivity contribution in [1.82, 2.24) is 19.3 Å². The minimum atomic E-state index is -0.641. The van der Waals surface area contributed by atoms with Crippen LogP contribution in [0.15, 0.2) is 35.7 Å². The second-order valence-electron chi connectivity index (χ2n) is 12.9. The number of hydrogen-bond acceptors (Lipinski definition) is 7. The molecule has 0 N–H and O–H groups in total. The van der Waals surface area contributed by atoms with E-state index in [1.54, 1.807) is 51.2 Å². The van der Waals surface area contributed by atoms with Crippen molar-refractivity contribution in [3.05, 3.63) is 47.0 Å². The third kappa shape index (κ3) is 7.13. The lowest BCUT2D eigenvalue weighted by atomic mass is 9.95. The average molecular weight is 637 g/mol. The summed E-state index contributed by atoms with van der Waals surface area (Å²) >= 11 is 1.65. The van der Waals surface area contributed by atoms with Crippen molar-refractivity contribution in [3.8, 4) is 33.2 Å². The normalized spacial score (nSPS) is 14.8. The summed E-state index contributed by atoms with van der Waals surface area (Å²) in [6.45, 7) is 11.8. The summed E-state index contributed by atoms with van der Waals surface area (Å²) in [5.74, 6) is 1.18. The highest BCUT2D eigenvalue weighted by Gasteiger charge is 2.32. The van der Waals surface area contributed by atoms with Crippen molar-refractivity contribution in [2.45, 2.75) is 65.7 Å². The average Bonchev–Trinajstić information content (AvgIpc) is 3.57. The van der Waals surface area contributed by atoms with Crippen molar-refractivity contribution in [3.63, 3.8) is 0 Å². The standard InChI is InChI=1S/C34H44N4O6S/c1-22(2)43-28-20-24-23(18-27(28)42-7)11-14-38-26(19-25(31(24)38)29-10-8-17-45-29)32(40)37-13-9-12-36(15-16-37)30(39)21-35(6)33(41)44-34(3,4)5/h8,10,17-20,22H,9,11-16,21H2,1-7H3. The van der Waals surface area contributed by atoms with E-state index in [1.807, 2.05) is 42.3 Å². The molecule has 10 nitrogen and oxygen atoms in total. The minimum absolute atomic E-state index is 0.0200. The Kier molecular flexibility index (Phi) is 9.48. The molecule has 3 amide bonds. The van der Waals surface area contributed by atoms with Crippen molar-refractivity contribution >= 4 is 29.2 Å². The van der Waals surface area contributed by atoms with Gasteiger partial charge >= 0.3 is 6.09 Å². The second-order valence-corrected chi connectivity index (χ2v) is 13.8. The molecular formula is C34H44N4O6S. The summed E-state index contributed by atoms with van der Waals surface area (Å²) in [5, 5.41) is 2.05. The zero-order valence-electron chi connectivity index (χ0n) is 27.3. The van der Waals surface area contributed by atoms with E-state index in [1.165, 1.54) is 4.90 Å². The van der Waals surface area contributed by atoms with Gasteiger partial charge in [-0.1, -0.05) is 6.07 Å². The number of carbonyl (C=O) groups is 3. The number of aromatic nitrogens is 1. The Morgan fingerprint density at radius 3 is 2.38 bits per heavy atom. The van der Waals surface area contributed by atoms with Crippen LogP contribution in [0.4, 0.5) is 4.79 Å². The Bertz CT molecular complexity index is 1560. The van der Waals surface area contributed by atoms with Gasteiger partial charge in [-0.3, -0.25) is 9.59 Å². The third-order valence-electron chi connectivity index (χ3n) is 7.93. The lowest BCUT2D eigenvalue weighted by Gasteiger charge is -2.27. The Hall–Kier alpha value is -3.99. The Morgan fingerprint density at radius 1 is 0.978 bits per heavy atom. The van der Waals surface area contributed by atoms with Crippen molar-refractivity contribution < 1.29 is 28.6 Å². The van der Waals surface area contributed by atoms with E-state index in [0.717, 1.165) is 33.7 Å². The van der Waals surface area contributed by atoms with Crippen LogP contribution in [0.3, 0.4) is 0 Å². The number of amides is 3. The van der Waals surface area contributed by atoms with E-state index in [-0.39, 0.29) is 24.5 Å². The summed E-state index contributed by atoms with van der Waals surface area (Å²) in [7, 11) is 3.22. The van der Waals surface area contributed by atoms with Gasteiger partial charge in [0.1, 0.15) is 17.8 Å². The number of fused-ring (bicyclic) bond motifs is 3. The summed E-state index contributed by atoms with van der Waals surface area (Å²) < 4.78 is 19.3. The maximum atomic E-state index is 14.2. The highest BCUT2D eigenvalue weighted by atomic mass is 32.1. The zero-order valence-corrected chi connectivity index (χ0v) is 28.2. The van der Waals surface area contributed by atoms with Gasteiger partial charge in [-0.25, -0.2) is 4.79 Å². The van der Waals surface area contributed by atoms with Gasteiger partial charge in [0.2, 0.25) is 5.91 Å². The fourth-order valence-corrected chi connectivity index (χ4v) is 6.62. The number of aryl methyl sites for hydroxylation is 1. The van der Waals surface area contributed by atoms with Crippen LogP contribution in [0.25, 0.3) is 21.7 Å². The van der Waals surface area contributed by atoms with E-state index in [4.69, 9.17) is 14.2 Å². The SMILES string of the molecule is COc1cc2c(cc1OC(C)C)-c1c(-c3cccs3)cc(C(=O)N3CCCN(C(=O)CN(C)C(=O)OC(C)(C)C)CC3)n1CC2. The van der Waals surface area contributed by atoms with Gasteiger partial charge in [-0.2, -0.15) is 0 Å². The predicted molar refractivity (Wildman–Crippen MR) is 175 cm³/mol. The molecule has 1 fully saturated rings. The summed E-state index contributed by atoms with van der Waals surface area (Å²) in [5.41, 5.74) is 4.23. The molecule has 0 atom stereocenters. The minimum Gasteiger partial charge on any atom is -0.493 e. The van der Waals surface area contributed by atoms with Gasteiger partial charge in [0.25, 0.3) is 5.91 Å². The van der Waals surface area contributed by atoms with Gasteiger partial charge in [0.15, 0.2) is 11.5 Å². The molecular weight excluding hydrogens is 592 g/mol. The molecule has 0 spiro atoms. The van der Waals surface area contributed by atoms with Crippen LogP contribution in [0.1, 0.15) is 57.1 Å². The fraction of sp³-hybridized carbons (Fsp3) is 0.500. The molecule has 5 rings (SSSR count). The summed E-state index contributed by atoms with van der Waals surface area (Å²) in [6, 6.07) is 10.2. The molecule has 0 bridgehead atoms. The molecule has 0 unspecified atom stereocenters. The first-order valence-electron chi connectivity index (χ1n) is 15.5. The maximum absolute atomic E-state index is 14.2. The molecule has 1 saturated heterocycles. The van der Waals surface area contributed by atoms with Gasteiger partial charge in [-0.15, -0.1) is 11.3 Å². The Labute approximate surface area is 269 Å². The van der Waals surface area contributed by atoms with Crippen LogP contribution in [-0.4, -0.2) is 95.8 Å². The summed E-state index contributed by atoms with van der Waals surface area (Å²) in [6.07, 6.45) is 0.850. The number of carbonyl (C=O) groups excluding carboxylic acids is 3. The van der Waals surface area contributed by atoms with Gasteiger partial charge in [-0.05, 0) is 82.7 Å². The Balaban J connectivity index is 1.39. The molecule has 0 radical (unpaired) electrons. The topological polar surface area (TPSA) is 93.6 Å². The molecule has 45 heavy (non-hydrogen) atoms. The number of hydrogen-bond donors (Lipinski definition) is 0. The van der Waals surface area contributed by atoms with E-state index in [9.17, 15) is 14.4 Å². The second kappa shape index (κ2) is 13.2. The predicted octanol–water partition coefficient (Wildman–Crippen LogP) is 5.78. The van der Waals surface area contributed by atoms with E-state index >= 15 is 0 Å². The number of thiophene rings is 1. The molecule has 3 aromatic rings. The van der Waals surface area contributed by atoms with Gasteiger partial charge < -0.3 is 33.5 Å². The maximum Gasteiger partial charge on any atom is 0.410 e. The monoisotopic (exact) mass is 636 g/mol. The number of likely N-dealkylation sites (N-methyl/N-ethyl adjacent to an activating group) is 1. The van der Waals surface area contributed by atoms with Crippen LogP contribution in [0, 0.1) is 0 Å². The van der Waals surface area contributed by atoms with E-state index in [0.29, 0.717) is 56.3 Å². The first-order chi connectivity index (χ1) is 21.4. The van der Waals surface area contributed by atoms with Crippen LogP contribution >= 0.6 is 11.3 Å². The Morgan fingerprint density at radius 2 is 1.71 bits per heavy atom. The van der Waals surface area contributed by atoms with E-state index in [2.05, 4.69) is 16.7 Å². The fourth-order valence-electron chi connectivity index (χ4n) is 5.87. The highest BCUT2D eigenvalue weighted by molar-refractivity contribution is 7.13. The largest absolute Gasteiger partial charge is 0.493 e. The first-order valence-corrected chi connectivity index (χ1v) is 16.4. The van der Waals surface area contributed by atoms with Crippen molar-refractivity contribution in [2.75, 3.05) is 46.9 Å².